The van der Waals surface area contributed by atoms with Crippen molar-refractivity contribution in [2.24, 2.45) is 0 Å². The summed E-state index contributed by atoms with van der Waals surface area (Å²) in [4.78, 5) is 24.6. The van der Waals surface area contributed by atoms with Crippen LogP contribution in [0.3, 0.4) is 0 Å². The van der Waals surface area contributed by atoms with Crippen molar-refractivity contribution in [2.45, 2.75) is 398 Å². The van der Waals surface area contributed by atoms with E-state index in [9.17, 15) is 19.8 Å². The van der Waals surface area contributed by atoms with E-state index in [2.05, 4.69) is 43.5 Å². The molecule has 0 rings (SSSR count). The highest BCUT2D eigenvalue weighted by Crippen LogP contribution is 2.18. The van der Waals surface area contributed by atoms with Gasteiger partial charge in [-0.1, -0.05) is 346 Å². The first kappa shape index (κ1) is 76.1. The minimum absolute atomic E-state index is 0.0167. The maximum atomic E-state index is 12.5. The Kier molecular flexibility index (Phi) is 65.9. The second kappa shape index (κ2) is 67.6. The molecule has 1 amide bonds. The standard InChI is InChI=1S/C72H137NO5/c1-3-5-7-9-11-13-15-17-19-38-42-46-50-54-58-62-66-72(77)78-67-63-59-55-51-47-43-39-36-34-32-30-28-26-24-22-20-21-23-25-27-29-31-33-35-37-41-45-49-53-57-61-65-71(76)73-69(68-74)70(75)64-60-56-52-48-44-40-18-16-14-12-10-8-6-4-2/h22,24,28,30,60,64,69-70,74-75H,3-21,23,25-27,29,31-59,61-63,65-68H2,1-2H3,(H,73,76)/b24-22-,30-28-,64-60+. The predicted octanol–water partition coefficient (Wildman–Crippen LogP) is 22.7. The maximum absolute atomic E-state index is 12.5. The number of unbranched alkanes of at least 4 members (excludes halogenated alkanes) is 51. The maximum Gasteiger partial charge on any atom is 0.305 e. The number of nitrogens with one attached hydrogen (secondary N) is 1. The van der Waals surface area contributed by atoms with Gasteiger partial charge < -0.3 is 20.3 Å². The fourth-order valence-corrected chi connectivity index (χ4v) is 11.0. The van der Waals surface area contributed by atoms with Gasteiger partial charge in [-0.3, -0.25) is 9.59 Å². The number of aliphatic hydroxyl groups is 2. The quantitative estimate of drug-likeness (QED) is 0.0320. The van der Waals surface area contributed by atoms with Crippen LogP contribution in [0.1, 0.15) is 386 Å². The Morgan fingerprint density at radius 1 is 0.359 bits per heavy atom. The van der Waals surface area contributed by atoms with Crippen molar-refractivity contribution < 1.29 is 24.5 Å². The number of ether oxygens (including phenoxy) is 1. The fourth-order valence-electron chi connectivity index (χ4n) is 11.0. The van der Waals surface area contributed by atoms with Gasteiger partial charge in [0.15, 0.2) is 0 Å². The van der Waals surface area contributed by atoms with Crippen LogP contribution in [-0.2, 0) is 14.3 Å². The second-order valence-electron chi connectivity index (χ2n) is 24.2. The number of hydrogen-bond donors (Lipinski definition) is 3. The number of rotatable bonds is 66. The molecule has 0 fully saturated rings. The molecule has 2 atom stereocenters. The summed E-state index contributed by atoms with van der Waals surface area (Å²) in [6, 6.07) is -0.627. The molecule has 78 heavy (non-hydrogen) atoms. The van der Waals surface area contributed by atoms with Gasteiger partial charge in [0.2, 0.25) is 5.91 Å². The average molecular weight is 1100 g/mol. The first-order valence-corrected chi connectivity index (χ1v) is 35.3. The second-order valence-corrected chi connectivity index (χ2v) is 24.2. The van der Waals surface area contributed by atoms with Crippen LogP contribution in [0, 0.1) is 0 Å². The Labute approximate surface area is 487 Å². The Morgan fingerprint density at radius 3 is 0.974 bits per heavy atom. The minimum atomic E-state index is -0.844. The fraction of sp³-hybridized carbons (Fsp3) is 0.889. The monoisotopic (exact) mass is 1100 g/mol. The van der Waals surface area contributed by atoms with Crippen LogP contribution in [-0.4, -0.2) is 47.4 Å². The molecule has 0 spiro atoms. The van der Waals surface area contributed by atoms with Gasteiger partial charge in [-0.15, -0.1) is 0 Å². The SMILES string of the molecule is CCCCCCCCCCCCCC/C=C/C(O)C(CO)NC(=O)CCCCCCCCCCCCCCCCC/C=C\C/C=C\CCCCCCCCCCCOC(=O)CCCCCCCCCCCCCCCCCC. The normalized spacial score (nSPS) is 12.7. The van der Waals surface area contributed by atoms with E-state index >= 15 is 0 Å². The van der Waals surface area contributed by atoms with E-state index in [0.717, 1.165) is 44.9 Å². The third kappa shape index (κ3) is 63.3. The van der Waals surface area contributed by atoms with E-state index in [-0.39, 0.29) is 18.5 Å². The van der Waals surface area contributed by atoms with E-state index in [4.69, 9.17) is 4.74 Å². The molecule has 0 heterocycles. The van der Waals surface area contributed by atoms with E-state index in [1.54, 1.807) is 6.08 Å². The highest BCUT2D eigenvalue weighted by atomic mass is 16.5. The number of amides is 1. The topological polar surface area (TPSA) is 95.9 Å². The van der Waals surface area contributed by atoms with Crippen molar-refractivity contribution in [1.29, 1.82) is 0 Å². The zero-order valence-electron chi connectivity index (χ0n) is 52.7. The largest absolute Gasteiger partial charge is 0.466 e. The summed E-state index contributed by atoms with van der Waals surface area (Å²) in [6.45, 7) is 4.93. The zero-order chi connectivity index (χ0) is 56.4. The Morgan fingerprint density at radius 2 is 0.641 bits per heavy atom. The molecule has 460 valence electrons. The molecular weight excluding hydrogens is 959 g/mol. The van der Waals surface area contributed by atoms with Gasteiger partial charge in [-0.2, -0.15) is 0 Å². The molecule has 0 saturated heterocycles. The third-order valence-electron chi connectivity index (χ3n) is 16.4. The van der Waals surface area contributed by atoms with E-state index < -0.39 is 12.1 Å². The van der Waals surface area contributed by atoms with Crippen LogP contribution in [0.5, 0.6) is 0 Å². The third-order valence-corrected chi connectivity index (χ3v) is 16.4. The van der Waals surface area contributed by atoms with Crippen LogP contribution >= 0.6 is 0 Å². The van der Waals surface area contributed by atoms with Gasteiger partial charge >= 0.3 is 5.97 Å². The molecule has 0 saturated carbocycles. The van der Waals surface area contributed by atoms with E-state index in [0.29, 0.717) is 19.4 Å². The number of allylic oxidation sites excluding steroid dienone is 5. The highest BCUT2D eigenvalue weighted by Gasteiger charge is 2.18. The first-order chi connectivity index (χ1) is 38.5. The first-order valence-electron chi connectivity index (χ1n) is 35.3. The number of hydrogen-bond acceptors (Lipinski definition) is 5. The molecule has 0 aliphatic rings. The van der Waals surface area contributed by atoms with Crippen LogP contribution in [0.25, 0.3) is 0 Å². The number of esters is 1. The van der Waals surface area contributed by atoms with Gasteiger partial charge in [0.05, 0.1) is 25.4 Å². The van der Waals surface area contributed by atoms with Crippen LogP contribution in [0.2, 0.25) is 0 Å². The van der Waals surface area contributed by atoms with Crippen molar-refractivity contribution in [3.8, 4) is 0 Å². The van der Waals surface area contributed by atoms with Gasteiger partial charge in [-0.25, -0.2) is 0 Å². The van der Waals surface area contributed by atoms with Gasteiger partial charge in [-0.05, 0) is 64.2 Å². The van der Waals surface area contributed by atoms with Gasteiger partial charge in [0.1, 0.15) is 0 Å². The summed E-state index contributed by atoms with van der Waals surface area (Å²) >= 11 is 0. The highest BCUT2D eigenvalue weighted by molar-refractivity contribution is 5.76. The van der Waals surface area contributed by atoms with Crippen molar-refractivity contribution >= 4 is 11.9 Å². The molecule has 2 unspecified atom stereocenters. The summed E-state index contributed by atoms with van der Waals surface area (Å²) < 4.78 is 5.50. The zero-order valence-corrected chi connectivity index (χ0v) is 52.7. The summed E-state index contributed by atoms with van der Waals surface area (Å²) in [7, 11) is 0. The number of carbonyl (C=O) groups excluding carboxylic acids is 2. The molecule has 6 heteroatoms. The van der Waals surface area contributed by atoms with Gasteiger partial charge in [0, 0.05) is 12.8 Å². The molecule has 0 bridgehead atoms. The summed E-state index contributed by atoms with van der Waals surface area (Å²) in [5, 5.41) is 23.1. The summed E-state index contributed by atoms with van der Waals surface area (Å²) in [5.41, 5.74) is 0. The smallest absolute Gasteiger partial charge is 0.305 e. The minimum Gasteiger partial charge on any atom is -0.466 e. The Bertz CT molecular complexity index is 1260. The molecule has 3 N–H and O–H groups in total. The van der Waals surface area contributed by atoms with Crippen molar-refractivity contribution in [2.75, 3.05) is 13.2 Å². The molecule has 0 aliphatic carbocycles. The predicted molar refractivity (Wildman–Crippen MR) is 343 cm³/mol. The Balaban J connectivity index is 3.39. The molecule has 0 aromatic carbocycles. The van der Waals surface area contributed by atoms with Crippen molar-refractivity contribution in [1.82, 2.24) is 5.32 Å². The lowest BCUT2D eigenvalue weighted by molar-refractivity contribution is -0.143. The lowest BCUT2D eigenvalue weighted by Gasteiger charge is -2.20. The van der Waals surface area contributed by atoms with Crippen LogP contribution in [0.15, 0.2) is 36.5 Å². The molecule has 0 aliphatic heterocycles. The Hall–Kier alpha value is -1.92. The van der Waals surface area contributed by atoms with E-state index in [1.165, 1.54) is 315 Å². The van der Waals surface area contributed by atoms with Crippen molar-refractivity contribution in [3.63, 3.8) is 0 Å². The molecule has 0 aromatic rings. The number of aliphatic hydroxyl groups excluding tert-OH is 2. The van der Waals surface area contributed by atoms with Crippen LogP contribution in [0.4, 0.5) is 0 Å². The lowest BCUT2D eigenvalue weighted by Crippen LogP contribution is -2.45. The molecular formula is C72H137NO5. The van der Waals surface area contributed by atoms with Crippen LogP contribution < -0.4 is 5.32 Å². The summed E-state index contributed by atoms with van der Waals surface area (Å²) in [6.07, 6.45) is 86.6. The molecule has 0 radical (unpaired) electrons. The summed E-state index contributed by atoms with van der Waals surface area (Å²) in [5.74, 6) is -0.0491. The molecule has 6 nitrogen and oxygen atoms in total. The molecule has 0 aromatic heterocycles. The lowest BCUT2D eigenvalue weighted by atomic mass is 10.0. The van der Waals surface area contributed by atoms with Gasteiger partial charge in [0.25, 0.3) is 0 Å². The van der Waals surface area contributed by atoms with E-state index in [1.807, 2.05) is 6.08 Å². The number of carbonyl (C=O) groups is 2. The average Bonchev–Trinajstić information content (AvgIpc) is 3.44. The van der Waals surface area contributed by atoms with Crippen molar-refractivity contribution in [3.05, 3.63) is 36.5 Å².